The first-order chi connectivity index (χ1) is 14.2. The molecule has 2 aromatic carbocycles. The van der Waals surface area contributed by atoms with Gasteiger partial charge in [-0.3, -0.25) is 9.80 Å². The first-order valence-corrected chi connectivity index (χ1v) is 10.9. The van der Waals surface area contributed by atoms with Crippen LogP contribution in [0.3, 0.4) is 0 Å². The van der Waals surface area contributed by atoms with Gasteiger partial charge in [0.25, 0.3) is 0 Å². The molecule has 2 aliphatic rings. The molecule has 0 atom stereocenters. The topological polar surface area (TPSA) is 38.8 Å². The number of piperidine rings is 1. The van der Waals surface area contributed by atoms with Gasteiger partial charge in [0, 0.05) is 49.5 Å². The van der Waals surface area contributed by atoms with Gasteiger partial charge in [-0.1, -0.05) is 48.0 Å². The lowest BCUT2D eigenvalue weighted by atomic mass is 10.0. The van der Waals surface area contributed by atoms with Crippen molar-refractivity contribution in [3.05, 3.63) is 65.2 Å². The van der Waals surface area contributed by atoms with Crippen LogP contribution >= 0.6 is 11.6 Å². The quantitative estimate of drug-likeness (QED) is 0.751. The number of carbonyl (C=O) groups is 1. The minimum Gasteiger partial charge on any atom is -0.321 e. The first kappa shape index (κ1) is 20.2. The number of amides is 2. The molecule has 0 spiro atoms. The third kappa shape index (κ3) is 5.30. The largest absolute Gasteiger partial charge is 0.324 e. The fraction of sp³-hybridized carbons (Fsp3) is 0.435. The molecule has 2 amide bonds. The highest BCUT2D eigenvalue weighted by atomic mass is 35.5. The van der Waals surface area contributed by atoms with Gasteiger partial charge in [-0.25, -0.2) is 4.79 Å². The third-order valence-corrected chi connectivity index (χ3v) is 6.10. The Bertz CT molecular complexity index is 808. The van der Waals surface area contributed by atoms with Crippen LogP contribution in [-0.2, 0) is 6.54 Å². The number of rotatable bonds is 7. The molecule has 0 saturated carbocycles. The predicted molar refractivity (Wildman–Crippen MR) is 119 cm³/mol. The maximum Gasteiger partial charge on any atom is 0.324 e. The molecule has 2 fully saturated rings. The van der Waals surface area contributed by atoms with Crippen molar-refractivity contribution in [3.8, 4) is 0 Å². The Morgan fingerprint density at radius 3 is 2.52 bits per heavy atom. The summed E-state index contributed by atoms with van der Waals surface area (Å²) < 4.78 is 0. The van der Waals surface area contributed by atoms with Gasteiger partial charge >= 0.3 is 6.03 Å². The second kappa shape index (κ2) is 9.61. The third-order valence-electron chi connectivity index (χ3n) is 5.87. The van der Waals surface area contributed by atoms with Crippen LogP contribution in [-0.4, -0.2) is 61.1 Å². The molecule has 2 saturated heterocycles. The number of urea groups is 1. The van der Waals surface area contributed by atoms with E-state index in [0.717, 1.165) is 64.3 Å². The van der Waals surface area contributed by atoms with E-state index in [1.54, 1.807) is 0 Å². The molecule has 0 bridgehead atoms. The van der Waals surface area contributed by atoms with Gasteiger partial charge in [0.1, 0.15) is 0 Å². The molecule has 2 aromatic rings. The number of anilines is 1. The molecule has 6 heteroatoms. The second-order valence-corrected chi connectivity index (χ2v) is 8.33. The van der Waals surface area contributed by atoms with E-state index in [0.29, 0.717) is 11.1 Å². The van der Waals surface area contributed by atoms with E-state index in [-0.39, 0.29) is 6.03 Å². The van der Waals surface area contributed by atoms with Gasteiger partial charge in [0.2, 0.25) is 0 Å². The Morgan fingerprint density at radius 2 is 1.76 bits per heavy atom. The maximum absolute atomic E-state index is 12.7. The summed E-state index contributed by atoms with van der Waals surface area (Å²) in [5.41, 5.74) is 2.26. The molecular weight excluding hydrogens is 384 g/mol. The molecule has 0 radical (unpaired) electrons. The monoisotopic (exact) mass is 412 g/mol. The molecule has 2 aliphatic heterocycles. The zero-order valence-electron chi connectivity index (χ0n) is 16.8. The molecule has 5 nitrogen and oxygen atoms in total. The molecule has 1 N–H and O–H groups in total. The van der Waals surface area contributed by atoms with Crippen LogP contribution in [0.25, 0.3) is 0 Å². The average Bonchev–Trinajstić information content (AvgIpc) is 3.11. The predicted octanol–water partition coefficient (Wildman–Crippen LogP) is 3.84. The van der Waals surface area contributed by atoms with Crippen molar-refractivity contribution in [2.45, 2.75) is 25.4 Å². The van der Waals surface area contributed by atoms with Gasteiger partial charge in [0.15, 0.2) is 0 Å². The van der Waals surface area contributed by atoms with Crippen LogP contribution in [0.2, 0.25) is 5.02 Å². The number of carbonyl (C=O) groups excluding carboxylic acids is 1. The van der Waals surface area contributed by atoms with E-state index in [4.69, 9.17) is 11.6 Å². The molecule has 0 unspecified atom stereocenters. The van der Waals surface area contributed by atoms with Crippen LogP contribution in [0.15, 0.2) is 54.6 Å². The van der Waals surface area contributed by atoms with Crippen molar-refractivity contribution in [2.75, 3.05) is 44.2 Å². The van der Waals surface area contributed by atoms with Crippen LogP contribution in [0.4, 0.5) is 10.5 Å². The summed E-state index contributed by atoms with van der Waals surface area (Å²) in [5, 5.41) is 4.32. The summed E-state index contributed by atoms with van der Waals surface area (Å²) in [6, 6.07) is 18.8. The molecule has 2 heterocycles. The lowest BCUT2D eigenvalue weighted by Gasteiger charge is -2.32. The number of likely N-dealkylation sites (tertiary alicyclic amines) is 1. The minimum atomic E-state index is 0.0757. The SMILES string of the molecule is O=C1N(CCNC2CCN(Cc3ccccc3)CC2)CCN1c1cccc(Cl)c1. The highest BCUT2D eigenvalue weighted by Crippen LogP contribution is 2.23. The molecule has 4 rings (SSSR count). The van der Waals surface area contributed by atoms with E-state index in [1.165, 1.54) is 5.56 Å². The highest BCUT2D eigenvalue weighted by Gasteiger charge is 2.29. The van der Waals surface area contributed by atoms with Crippen molar-refractivity contribution in [2.24, 2.45) is 0 Å². The summed E-state index contributed by atoms with van der Waals surface area (Å²) >= 11 is 6.07. The molecule has 0 aliphatic carbocycles. The molecule has 29 heavy (non-hydrogen) atoms. The fourth-order valence-corrected chi connectivity index (χ4v) is 4.40. The van der Waals surface area contributed by atoms with Crippen molar-refractivity contribution in [1.29, 1.82) is 0 Å². The van der Waals surface area contributed by atoms with Crippen molar-refractivity contribution in [1.82, 2.24) is 15.1 Å². The average molecular weight is 413 g/mol. The summed E-state index contributed by atoms with van der Waals surface area (Å²) in [4.78, 5) is 19.0. The van der Waals surface area contributed by atoms with Crippen LogP contribution < -0.4 is 10.2 Å². The Hall–Kier alpha value is -2.08. The van der Waals surface area contributed by atoms with Crippen LogP contribution in [0.5, 0.6) is 0 Å². The number of hydrogen-bond donors (Lipinski definition) is 1. The maximum atomic E-state index is 12.7. The highest BCUT2D eigenvalue weighted by molar-refractivity contribution is 6.30. The van der Waals surface area contributed by atoms with Gasteiger partial charge in [-0.2, -0.15) is 0 Å². The summed E-state index contributed by atoms with van der Waals surface area (Å²) in [7, 11) is 0. The molecule has 154 valence electrons. The Morgan fingerprint density at radius 1 is 0.966 bits per heavy atom. The number of nitrogens with zero attached hydrogens (tertiary/aromatic N) is 3. The standard InChI is InChI=1S/C23H29ClN4O/c24-20-7-4-8-22(17-20)28-16-15-27(23(28)29)14-11-25-21-9-12-26(13-10-21)18-19-5-2-1-3-6-19/h1-8,17,21,25H,9-16,18H2. The van der Waals surface area contributed by atoms with E-state index in [9.17, 15) is 4.79 Å². The molecule has 0 aromatic heterocycles. The molecular formula is C23H29ClN4O. The lowest BCUT2D eigenvalue weighted by Crippen LogP contribution is -2.45. The van der Waals surface area contributed by atoms with Gasteiger partial charge in [0.05, 0.1) is 0 Å². The van der Waals surface area contributed by atoms with Gasteiger partial charge in [-0.05, 0) is 49.7 Å². The number of nitrogens with one attached hydrogen (secondary N) is 1. The van der Waals surface area contributed by atoms with E-state index in [2.05, 4.69) is 40.5 Å². The van der Waals surface area contributed by atoms with Crippen molar-refractivity contribution < 1.29 is 4.79 Å². The zero-order chi connectivity index (χ0) is 20.1. The van der Waals surface area contributed by atoms with E-state index in [1.807, 2.05) is 34.1 Å². The Balaban J connectivity index is 1.17. The number of halogens is 1. The minimum absolute atomic E-state index is 0.0757. The van der Waals surface area contributed by atoms with Gasteiger partial charge in [-0.15, -0.1) is 0 Å². The second-order valence-electron chi connectivity index (χ2n) is 7.89. The van der Waals surface area contributed by atoms with Crippen molar-refractivity contribution in [3.63, 3.8) is 0 Å². The van der Waals surface area contributed by atoms with Crippen LogP contribution in [0.1, 0.15) is 18.4 Å². The van der Waals surface area contributed by atoms with E-state index >= 15 is 0 Å². The summed E-state index contributed by atoms with van der Waals surface area (Å²) in [6.07, 6.45) is 2.32. The number of hydrogen-bond acceptors (Lipinski definition) is 3. The normalized spacial score (nSPS) is 18.6. The van der Waals surface area contributed by atoms with Gasteiger partial charge < -0.3 is 10.2 Å². The van der Waals surface area contributed by atoms with Crippen molar-refractivity contribution >= 4 is 23.3 Å². The summed E-state index contributed by atoms with van der Waals surface area (Å²) in [5.74, 6) is 0. The van der Waals surface area contributed by atoms with Crippen LogP contribution in [0, 0.1) is 0 Å². The Kier molecular flexibility index (Phi) is 6.70. The number of benzene rings is 2. The lowest BCUT2D eigenvalue weighted by molar-refractivity contribution is 0.187. The Labute approximate surface area is 178 Å². The summed E-state index contributed by atoms with van der Waals surface area (Å²) in [6.45, 7) is 6.36. The van der Waals surface area contributed by atoms with E-state index < -0.39 is 0 Å². The first-order valence-electron chi connectivity index (χ1n) is 10.5. The fourth-order valence-electron chi connectivity index (χ4n) is 4.21. The zero-order valence-corrected chi connectivity index (χ0v) is 17.5. The smallest absolute Gasteiger partial charge is 0.321 e.